The molecule has 0 aromatic carbocycles. The molecule has 1 rings (SSSR count). The molecule has 3 N–H and O–H groups in total. The van der Waals surface area contributed by atoms with E-state index in [0.29, 0.717) is 12.6 Å². The summed E-state index contributed by atoms with van der Waals surface area (Å²) in [5.41, 5.74) is 5.23. The summed E-state index contributed by atoms with van der Waals surface area (Å²) in [4.78, 5) is 13.1. The van der Waals surface area contributed by atoms with Crippen molar-refractivity contribution < 1.29 is 4.79 Å². The molecule has 0 aliphatic heterocycles. The maximum atomic E-state index is 10.9. The number of primary amides is 1. The highest BCUT2D eigenvalue weighted by Crippen LogP contribution is 2.22. The minimum atomic E-state index is -0.215. The van der Waals surface area contributed by atoms with Crippen LogP contribution in [0.3, 0.4) is 0 Å². The van der Waals surface area contributed by atoms with Crippen molar-refractivity contribution in [1.82, 2.24) is 10.2 Å². The van der Waals surface area contributed by atoms with E-state index >= 15 is 0 Å². The van der Waals surface area contributed by atoms with Gasteiger partial charge in [0.15, 0.2) is 0 Å². The highest BCUT2D eigenvalue weighted by Gasteiger charge is 2.22. The normalized spacial score (nSPS) is 17.9. The van der Waals surface area contributed by atoms with Gasteiger partial charge in [0.1, 0.15) is 0 Å². The number of rotatable bonds is 6. The van der Waals surface area contributed by atoms with Gasteiger partial charge in [0.05, 0.1) is 6.54 Å². The topological polar surface area (TPSA) is 58.4 Å². The van der Waals surface area contributed by atoms with Crippen LogP contribution in [0.5, 0.6) is 0 Å². The first-order valence-corrected chi connectivity index (χ1v) is 5.41. The van der Waals surface area contributed by atoms with E-state index in [-0.39, 0.29) is 5.91 Å². The number of carbonyl (C=O) groups excluding carboxylic acids is 1. The molecular weight excluding hydrogens is 178 g/mol. The molecule has 14 heavy (non-hydrogen) atoms. The molecule has 0 spiro atoms. The molecule has 1 fully saturated rings. The summed E-state index contributed by atoms with van der Waals surface area (Å²) >= 11 is 0. The highest BCUT2D eigenvalue weighted by atomic mass is 16.1. The van der Waals surface area contributed by atoms with Gasteiger partial charge in [-0.1, -0.05) is 12.8 Å². The number of carbonyl (C=O) groups is 1. The van der Waals surface area contributed by atoms with Crippen LogP contribution in [0, 0.1) is 0 Å². The summed E-state index contributed by atoms with van der Waals surface area (Å²) in [6.45, 7) is 2.25. The zero-order valence-electron chi connectivity index (χ0n) is 8.96. The Bertz CT molecular complexity index is 178. The Kier molecular flexibility index (Phi) is 4.90. The van der Waals surface area contributed by atoms with Crippen LogP contribution in [0.1, 0.15) is 25.7 Å². The summed E-state index contributed by atoms with van der Waals surface area (Å²) in [6, 6.07) is 0.579. The Morgan fingerprint density at radius 3 is 2.64 bits per heavy atom. The van der Waals surface area contributed by atoms with E-state index in [1.807, 2.05) is 7.05 Å². The van der Waals surface area contributed by atoms with Crippen LogP contribution in [0.2, 0.25) is 0 Å². The van der Waals surface area contributed by atoms with Gasteiger partial charge in [-0.25, -0.2) is 0 Å². The Morgan fingerprint density at radius 1 is 1.50 bits per heavy atom. The number of nitrogens with two attached hydrogens (primary N) is 1. The van der Waals surface area contributed by atoms with Gasteiger partial charge < -0.3 is 11.1 Å². The molecule has 4 heteroatoms. The van der Waals surface area contributed by atoms with Gasteiger partial charge in [0.25, 0.3) is 0 Å². The number of likely N-dealkylation sites (N-methyl/N-ethyl adjacent to an activating group) is 1. The first-order valence-electron chi connectivity index (χ1n) is 5.41. The molecule has 1 saturated carbocycles. The molecule has 4 nitrogen and oxygen atoms in total. The Labute approximate surface area is 85.8 Å². The Morgan fingerprint density at radius 2 is 2.14 bits per heavy atom. The van der Waals surface area contributed by atoms with Gasteiger partial charge in [0.2, 0.25) is 5.91 Å². The van der Waals surface area contributed by atoms with Crippen LogP contribution in [0.25, 0.3) is 0 Å². The molecule has 1 amide bonds. The van der Waals surface area contributed by atoms with Crippen LogP contribution >= 0.6 is 0 Å². The van der Waals surface area contributed by atoms with Gasteiger partial charge >= 0.3 is 0 Å². The predicted molar refractivity (Wildman–Crippen MR) is 57.0 cm³/mol. The van der Waals surface area contributed by atoms with Crippen molar-refractivity contribution in [3.8, 4) is 0 Å². The molecule has 0 radical (unpaired) electrons. The lowest BCUT2D eigenvalue weighted by molar-refractivity contribution is -0.119. The largest absolute Gasteiger partial charge is 0.369 e. The van der Waals surface area contributed by atoms with Crippen LogP contribution in [-0.2, 0) is 4.79 Å². The van der Waals surface area contributed by atoms with Crippen LogP contribution in [0.4, 0.5) is 0 Å². The molecule has 1 aliphatic carbocycles. The summed E-state index contributed by atoms with van der Waals surface area (Å²) in [5, 5.41) is 3.10. The molecule has 1 aliphatic rings. The summed E-state index contributed by atoms with van der Waals surface area (Å²) in [6.07, 6.45) is 5.02. The molecule has 82 valence electrons. The monoisotopic (exact) mass is 199 g/mol. The van der Waals surface area contributed by atoms with Crippen molar-refractivity contribution in [3.05, 3.63) is 0 Å². The van der Waals surface area contributed by atoms with E-state index in [0.717, 1.165) is 13.1 Å². The fourth-order valence-corrected chi connectivity index (χ4v) is 2.12. The van der Waals surface area contributed by atoms with E-state index in [1.165, 1.54) is 25.7 Å². The van der Waals surface area contributed by atoms with Gasteiger partial charge in [-0.2, -0.15) is 0 Å². The summed E-state index contributed by atoms with van der Waals surface area (Å²) in [7, 11) is 1.93. The third-order valence-electron chi connectivity index (χ3n) is 2.85. The smallest absolute Gasteiger partial charge is 0.231 e. The average molecular weight is 199 g/mol. The number of nitrogens with zero attached hydrogens (tertiary/aromatic N) is 1. The zero-order valence-corrected chi connectivity index (χ0v) is 8.96. The van der Waals surface area contributed by atoms with Crippen molar-refractivity contribution in [2.45, 2.75) is 31.7 Å². The Balaban J connectivity index is 2.37. The molecular formula is C10H21N3O. The van der Waals surface area contributed by atoms with Crippen molar-refractivity contribution in [2.75, 3.05) is 26.7 Å². The summed E-state index contributed by atoms with van der Waals surface area (Å²) in [5.74, 6) is -0.215. The predicted octanol–water partition coefficient (Wildman–Crippen LogP) is -0.0643. The maximum absolute atomic E-state index is 10.9. The Hall–Kier alpha value is -0.610. The lowest BCUT2D eigenvalue weighted by atomic mass is 10.2. The molecule has 0 aromatic rings. The molecule has 0 bridgehead atoms. The lowest BCUT2D eigenvalue weighted by Gasteiger charge is -2.27. The fraction of sp³-hybridized carbons (Fsp3) is 0.900. The molecule has 0 atom stereocenters. The first-order chi connectivity index (χ1) is 6.74. The van der Waals surface area contributed by atoms with Gasteiger partial charge in [0, 0.05) is 19.1 Å². The number of hydrogen-bond donors (Lipinski definition) is 2. The van der Waals surface area contributed by atoms with E-state index in [2.05, 4.69) is 10.2 Å². The van der Waals surface area contributed by atoms with Crippen LogP contribution < -0.4 is 11.1 Å². The second-order valence-corrected chi connectivity index (χ2v) is 3.98. The van der Waals surface area contributed by atoms with Gasteiger partial charge in [-0.3, -0.25) is 9.69 Å². The molecule has 0 heterocycles. The third-order valence-corrected chi connectivity index (χ3v) is 2.85. The average Bonchev–Trinajstić information content (AvgIpc) is 2.64. The van der Waals surface area contributed by atoms with Crippen LogP contribution in [-0.4, -0.2) is 43.5 Å². The van der Waals surface area contributed by atoms with Crippen molar-refractivity contribution >= 4 is 5.91 Å². The number of nitrogens with one attached hydrogen (secondary N) is 1. The minimum Gasteiger partial charge on any atom is -0.369 e. The van der Waals surface area contributed by atoms with Gasteiger partial charge in [-0.05, 0) is 19.9 Å². The molecule has 0 saturated heterocycles. The first kappa shape index (κ1) is 11.5. The number of hydrogen-bond acceptors (Lipinski definition) is 3. The maximum Gasteiger partial charge on any atom is 0.231 e. The quantitative estimate of drug-likeness (QED) is 0.630. The van der Waals surface area contributed by atoms with E-state index in [4.69, 9.17) is 5.73 Å². The zero-order chi connectivity index (χ0) is 10.4. The number of amides is 1. The highest BCUT2D eigenvalue weighted by molar-refractivity contribution is 5.75. The van der Waals surface area contributed by atoms with Crippen molar-refractivity contribution in [1.29, 1.82) is 0 Å². The minimum absolute atomic E-state index is 0.215. The van der Waals surface area contributed by atoms with E-state index < -0.39 is 0 Å². The van der Waals surface area contributed by atoms with Crippen molar-refractivity contribution in [3.63, 3.8) is 0 Å². The second-order valence-electron chi connectivity index (χ2n) is 3.98. The SMILES string of the molecule is CNCCN(CC(N)=O)C1CCCC1. The third kappa shape index (κ3) is 3.64. The standard InChI is InChI=1S/C10H21N3O/c1-12-6-7-13(8-10(11)14)9-4-2-3-5-9/h9,12H,2-8H2,1H3,(H2,11,14). The van der Waals surface area contributed by atoms with E-state index in [1.54, 1.807) is 0 Å². The summed E-state index contributed by atoms with van der Waals surface area (Å²) < 4.78 is 0. The lowest BCUT2D eigenvalue weighted by Crippen LogP contribution is -2.43. The van der Waals surface area contributed by atoms with E-state index in [9.17, 15) is 4.79 Å². The van der Waals surface area contributed by atoms with Crippen LogP contribution in [0.15, 0.2) is 0 Å². The fourth-order valence-electron chi connectivity index (χ4n) is 2.12. The molecule has 0 aromatic heterocycles. The van der Waals surface area contributed by atoms with Crippen molar-refractivity contribution in [2.24, 2.45) is 5.73 Å². The molecule has 0 unspecified atom stereocenters. The van der Waals surface area contributed by atoms with Gasteiger partial charge in [-0.15, -0.1) is 0 Å². The second kappa shape index (κ2) is 5.98.